The van der Waals surface area contributed by atoms with Crippen LogP contribution >= 0.6 is 22.7 Å². The summed E-state index contributed by atoms with van der Waals surface area (Å²) in [6.45, 7) is 3.75. The molecule has 0 radical (unpaired) electrons. The summed E-state index contributed by atoms with van der Waals surface area (Å²) >= 11 is 2.94. The zero-order valence-electron chi connectivity index (χ0n) is 18.0. The zero-order chi connectivity index (χ0) is 23.3. The van der Waals surface area contributed by atoms with E-state index in [0.717, 1.165) is 15.3 Å². The smallest absolute Gasteiger partial charge is 0.303 e. The Kier molecular flexibility index (Phi) is 7.48. The molecular formula is C24H26N2O4S2. The van der Waals surface area contributed by atoms with Crippen LogP contribution in [0.2, 0.25) is 0 Å². The molecule has 2 amide bonds. The summed E-state index contributed by atoms with van der Waals surface area (Å²) in [5.41, 5.74) is 5.91. The van der Waals surface area contributed by atoms with Crippen LogP contribution in [0.25, 0.3) is 9.75 Å². The Balaban J connectivity index is 1.99. The molecule has 1 aromatic carbocycles. The molecule has 1 atom stereocenters. The van der Waals surface area contributed by atoms with E-state index < -0.39 is 23.5 Å². The van der Waals surface area contributed by atoms with Gasteiger partial charge in [0, 0.05) is 21.7 Å². The number of nitrogens with two attached hydrogens (primary N) is 1. The number of amides is 2. The highest BCUT2D eigenvalue weighted by Crippen LogP contribution is 2.34. The van der Waals surface area contributed by atoms with Gasteiger partial charge in [-0.05, 0) is 55.8 Å². The predicted molar refractivity (Wildman–Crippen MR) is 128 cm³/mol. The monoisotopic (exact) mass is 470 g/mol. The Hall–Kier alpha value is -2.97. The highest BCUT2D eigenvalue weighted by molar-refractivity contribution is 7.22. The maximum atomic E-state index is 13.7. The summed E-state index contributed by atoms with van der Waals surface area (Å²) in [7, 11) is 0. The van der Waals surface area contributed by atoms with Crippen molar-refractivity contribution in [2.24, 2.45) is 5.73 Å². The Morgan fingerprint density at radius 3 is 2.34 bits per heavy atom. The number of carboxylic acid groups (broad SMARTS) is 1. The molecule has 168 valence electrons. The van der Waals surface area contributed by atoms with Gasteiger partial charge in [0.15, 0.2) is 0 Å². The van der Waals surface area contributed by atoms with Crippen LogP contribution in [0.5, 0.6) is 0 Å². The molecule has 6 nitrogen and oxygen atoms in total. The normalized spacial score (nSPS) is 12.3. The average molecular weight is 471 g/mol. The number of carbonyl (C=O) groups is 3. The number of carboxylic acids is 1. The van der Waals surface area contributed by atoms with Crippen LogP contribution in [0.3, 0.4) is 0 Å². The van der Waals surface area contributed by atoms with Crippen LogP contribution in [-0.2, 0) is 16.0 Å². The summed E-state index contributed by atoms with van der Waals surface area (Å²) < 4.78 is 0. The Labute approximate surface area is 195 Å². The third-order valence-electron chi connectivity index (χ3n) is 5.20. The minimum Gasteiger partial charge on any atom is -0.481 e. The number of thiophene rings is 2. The minimum atomic E-state index is -1.04. The molecule has 3 rings (SSSR count). The first-order valence-electron chi connectivity index (χ1n) is 10.2. The van der Waals surface area contributed by atoms with Gasteiger partial charge >= 0.3 is 5.97 Å². The number of hydrogen-bond acceptors (Lipinski definition) is 5. The summed E-state index contributed by atoms with van der Waals surface area (Å²) in [5, 5.41) is 11.1. The van der Waals surface area contributed by atoms with E-state index in [1.54, 1.807) is 17.4 Å². The van der Waals surface area contributed by atoms with Crippen molar-refractivity contribution in [3.8, 4) is 9.75 Å². The third-order valence-corrected chi connectivity index (χ3v) is 7.34. The van der Waals surface area contributed by atoms with Crippen LogP contribution in [0.1, 0.15) is 41.9 Å². The van der Waals surface area contributed by atoms with Crippen molar-refractivity contribution in [3.63, 3.8) is 0 Å². The quantitative estimate of drug-likeness (QED) is 0.450. The van der Waals surface area contributed by atoms with Crippen LogP contribution in [-0.4, -0.2) is 39.4 Å². The Morgan fingerprint density at radius 2 is 1.75 bits per heavy atom. The fraction of sp³-hybridized carbons (Fsp3) is 0.292. The third kappa shape index (κ3) is 5.63. The Morgan fingerprint density at radius 1 is 1.03 bits per heavy atom. The summed E-state index contributed by atoms with van der Waals surface area (Å²) in [5.74, 6) is -2.08. The van der Waals surface area contributed by atoms with E-state index in [4.69, 9.17) is 5.73 Å². The van der Waals surface area contributed by atoms with Gasteiger partial charge in [0.1, 0.15) is 6.04 Å². The van der Waals surface area contributed by atoms with Crippen molar-refractivity contribution in [2.45, 2.75) is 44.7 Å². The molecule has 0 saturated heterocycles. The number of carbonyl (C=O) groups excluding carboxylic acids is 2. The van der Waals surface area contributed by atoms with E-state index in [0.29, 0.717) is 11.3 Å². The molecule has 8 heteroatoms. The van der Waals surface area contributed by atoms with Gasteiger partial charge in [-0.3, -0.25) is 14.4 Å². The van der Waals surface area contributed by atoms with Crippen molar-refractivity contribution in [3.05, 3.63) is 70.4 Å². The van der Waals surface area contributed by atoms with E-state index in [1.807, 2.05) is 67.8 Å². The standard InChI is InChI=1S/C24H26N2O4S2/c1-24(2,15-16-7-4-3-5-8-16)26(17(22(25)29)10-13-21(27)28)23(30)20-12-11-19(32-20)18-9-6-14-31-18/h3-9,11-12,14,17H,10,13,15H2,1-2H3,(H2,25,29)(H,27,28)/t17-/m0/s1. The van der Waals surface area contributed by atoms with Crippen molar-refractivity contribution in [2.75, 3.05) is 0 Å². The number of benzene rings is 1. The van der Waals surface area contributed by atoms with Crippen molar-refractivity contribution in [1.29, 1.82) is 0 Å². The van der Waals surface area contributed by atoms with Gasteiger partial charge in [-0.15, -0.1) is 22.7 Å². The van der Waals surface area contributed by atoms with Gasteiger partial charge in [0.05, 0.1) is 4.88 Å². The van der Waals surface area contributed by atoms with Gasteiger partial charge in [-0.2, -0.15) is 0 Å². The molecule has 0 bridgehead atoms. The molecule has 0 aliphatic carbocycles. The van der Waals surface area contributed by atoms with Gasteiger partial charge in [-0.25, -0.2) is 0 Å². The van der Waals surface area contributed by atoms with Crippen molar-refractivity contribution < 1.29 is 19.5 Å². The SMILES string of the molecule is CC(C)(Cc1ccccc1)N(C(=O)c1ccc(-c2cccs2)s1)[C@@H](CCC(=O)O)C(N)=O. The molecular weight excluding hydrogens is 444 g/mol. The van der Waals surface area contributed by atoms with Gasteiger partial charge in [-0.1, -0.05) is 36.4 Å². The lowest BCUT2D eigenvalue weighted by Crippen LogP contribution is -2.58. The maximum absolute atomic E-state index is 13.7. The van der Waals surface area contributed by atoms with Crippen molar-refractivity contribution in [1.82, 2.24) is 4.90 Å². The topological polar surface area (TPSA) is 101 Å². The molecule has 3 N–H and O–H groups in total. The lowest BCUT2D eigenvalue weighted by atomic mass is 9.90. The molecule has 0 spiro atoms. The van der Waals surface area contributed by atoms with E-state index in [-0.39, 0.29) is 18.7 Å². The highest BCUT2D eigenvalue weighted by Gasteiger charge is 2.40. The fourth-order valence-electron chi connectivity index (χ4n) is 3.80. The molecule has 0 aliphatic rings. The van der Waals surface area contributed by atoms with Crippen LogP contribution in [0, 0.1) is 0 Å². The first-order chi connectivity index (χ1) is 15.2. The van der Waals surface area contributed by atoms with Gasteiger partial charge in [0.25, 0.3) is 5.91 Å². The van der Waals surface area contributed by atoms with Gasteiger partial charge in [0.2, 0.25) is 5.91 Å². The summed E-state index contributed by atoms with van der Waals surface area (Å²) in [6.07, 6.45) is 0.182. The molecule has 0 saturated carbocycles. The second-order valence-electron chi connectivity index (χ2n) is 8.14. The molecule has 0 fully saturated rings. The first kappa shape index (κ1) is 23.7. The molecule has 32 heavy (non-hydrogen) atoms. The number of primary amides is 1. The lowest BCUT2D eigenvalue weighted by Gasteiger charge is -2.42. The minimum absolute atomic E-state index is 0.0439. The molecule has 0 aliphatic heterocycles. The molecule has 2 aromatic heterocycles. The van der Waals surface area contributed by atoms with Crippen LogP contribution in [0.4, 0.5) is 0 Å². The summed E-state index contributed by atoms with van der Waals surface area (Å²) in [6, 6.07) is 16.2. The van der Waals surface area contributed by atoms with E-state index in [2.05, 4.69) is 0 Å². The summed E-state index contributed by atoms with van der Waals surface area (Å²) in [4.78, 5) is 41.4. The van der Waals surface area contributed by atoms with Gasteiger partial charge < -0.3 is 15.7 Å². The molecule has 0 unspecified atom stereocenters. The highest BCUT2D eigenvalue weighted by atomic mass is 32.1. The largest absolute Gasteiger partial charge is 0.481 e. The number of nitrogens with zero attached hydrogens (tertiary/aromatic N) is 1. The average Bonchev–Trinajstić information content (AvgIpc) is 3.42. The predicted octanol–water partition coefficient (Wildman–Crippen LogP) is 4.66. The fourth-order valence-corrected chi connectivity index (χ4v) is 5.58. The number of aliphatic carboxylic acids is 1. The molecule has 3 aromatic rings. The van der Waals surface area contributed by atoms with Crippen LogP contribution in [0.15, 0.2) is 60.0 Å². The Bertz CT molecular complexity index is 1070. The number of hydrogen-bond donors (Lipinski definition) is 2. The maximum Gasteiger partial charge on any atom is 0.303 e. The first-order valence-corrected chi connectivity index (χ1v) is 11.9. The zero-order valence-corrected chi connectivity index (χ0v) is 19.6. The second-order valence-corrected chi connectivity index (χ2v) is 10.2. The van der Waals surface area contributed by atoms with E-state index in [1.165, 1.54) is 16.2 Å². The number of rotatable bonds is 10. The lowest BCUT2D eigenvalue weighted by molar-refractivity contribution is -0.137. The van der Waals surface area contributed by atoms with E-state index >= 15 is 0 Å². The van der Waals surface area contributed by atoms with Crippen molar-refractivity contribution >= 4 is 40.5 Å². The van der Waals surface area contributed by atoms with E-state index in [9.17, 15) is 19.5 Å². The molecule has 2 heterocycles. The van der Waals surface area contributed by atoms with Crippen LogP contribution < -0.4 is 5.73 Å². The second kappa shape index (κ2) is 10.1.